The van der Waals surface area contributed by atoms with Crippen molar-refractivity contribution in [3.63, 3.8) is 0 Å². The van der Waals surface area contributed by atoms with Crippen LogP contribution >= 0.6 is 23.2 Å². The molecule has 0 aliphatic rings. The second kappa shape index (κ2) is 9.22. The summed E-state index contributed by atoms with van der Waals surface area (Å²) < 4.78 is 0. The molecule has 0 aliphatic heterocycles. The molecule has 0 aliphatic carbocycles. The highest BCUT2D eigenvalue weighted by molar-refractivity contribution is 6.35. The van der Waals surface area contributed by atoms with Gasteiger partial charge in [-0.25, -0.2) is 0 Å². The first-order valence-electron chi connectivity index (χ1n) is 6.88. The molecule has 0 unspecified atom stereocenters. The second-order valence-corrected chi connectivity index (χ2v) is 5.49. The van der Waals surface area contributed by atoms with Gasteiger partial charge in [-0.2, -0.15) is 0 Å². The van der Waals surface area contributed by atoms with Gasteiger partial charge in [0.05, 0.1) is 10.6 Å². The molecule has 1 amide bonds. The summed E-state index contributed by atoms with van der Waals surface area (Å²) >= 11 is 11.8. The molecule has 0 saturated heterocycles. The molecule has 0 radical (unpaired) electrons. The van der Waals surface area contributed by atoms with Crippen molar-refractivity contribution in [3.8, 4) is 0 Å². The van der Waals surface area contributed by atoms with Gasteiger partial charge in [-0.3, -0.25) is 4.79 Å². The van der Waals surface area contributed by atoms with Crippen molar-refractivity contribution in [2.24, 2.45) is 0 Å². The summed E-state index contributed by atoms with van der Waals surface area (Å²) in [7, 11) is 0. The van der Waals surface area contributed by atoms with Gasteiger partial charge < -0.3 is 5.32 Å². The normalized spacial score (nSPS) is 10.5. The van der Waals surface area contributed by atoms with Crippen LogP contribution in [0, 0.1) is 0 Å². The zero-order chi connectivity index (χ0) is 14.1. The summed E-state index contributed by atoms with van der Waals surface area (Å²) in [5.41, 5.74) is 0.445. The number of carbonyl (C=O) groups excluding carboxylic acids is 1. The summed E-state index contributed by atoms with van der Waals surface area (Å²) in [5, 5.41) is 3.83. The fourth-order valence-corrected chi connectivity index (χ4v) is 2.25. The number of halogens is 2. The highest BCUT2D eigenvalue weighted by Crippen LogP contribution is 2.20. The highest BCUT2D eigenvalue weighted by atomic mass is 35.5. The molecule has 106 valence electrons. The van der Waals surface area contributed by atoms with Crippen LogP contribution in [0.3, 0.4) is 0 Å². The molecule has 1 rings (SSSR count). The standard InChI is InChI=1S/C15H21Cl2NO/c1-2-3-4-5-6-7-10-18-15(19)13-11-12(16)8-9-14(13)17/h8-9,11H,2-7,10H2,1H3,(H,18,19). The van der Waals surface area contributed by atoms with Crippen molar-refractivity contribution < 1.29 is 4.79 Å². The Morgan fingerprint density at radius 2 is 1.79 bits per heavy atom. The topological polar surface area (TPSA) is 29.1 Å². The largest absolute Gasteiger partial charge is 0.352 e. The van der Waals surface area contributed by atoms with Crippen LogP contribution in [0.2, 0.25) is 10.0 Å². The van der Waals surface area contributed by atoms with Gasteiger partial charge in [-0.05, 0) is 24.6 Å². The van der Waals surface area contributed by atoms with E-state index in [9.17, 15) is 4.79 Å². The lowest BCUT2D eigenvalue weighted by Gasteiger charge is -2.07. The molecule has 0 spiro atoms. The van der Waals surface area contributed by atoms with Gasteiger partial charge in [-0.1, -0.05) is 62.2 Å². The number of benzene rings is 1. The fraction of sp³-hybridized carbons (Fsp3) is 0.533. The minimum atomic E-state index is -0.152. The van der Waals surface area contributed by atoms with E-state index in [4.69, 9.17) is 23.2 Å². The lowest BCUT2D eigenvalue weighted by Crippen LogP contribution is -2.24. The average molecular weight is 302 g/mol. The Morgan fingerprint density at radius 1 is 1.11 bits per heavy atom. The Hall–Kier alpha value is -0.730. The fourth-order valence-electron chi connectivity index (χ4n) is 1.87. The predicted molar refractivity (Wildman–Crippen MR) is 82.2 cm³/mol. The first-order chi connectivity index (χ1) is 9.15. The molecule has 1 aromatic carbocycles. The van der Waals surface area contributed by atoms with Gasteiger partial charge in [0.2, 0.25) is 0 Å². The zero-order valence-electron chi connectivity index (χ0n) is 11.3. The first kappa shape index (κ1) is 16.3. The first-order valence-corrected chi connectivity index (χ1v) is 7.64. The lowest BCUT2D eigenvalue weighted by molar-refractivity contribution is 0.0953. The molecule has 0 aromatic heterocycles. The van der Waals surface area contributed by atoms with Crippen molar-refractivity contribution in [2.45, 2.75) is 45.4 Å². The van der Waals surface area contributed by atoms with Crippen molar-refractivity contribution >= 4 is 29.1 Å². The van der Waals surface area contributed by atoms with Crippen molar-refractivity contribution in [1.29, 1.82) is 0 Å². The van der Waals surface area contributed by atoms with Crippen LogP contribution in [0.4, 0.5) is 0 Å². The Balaban J connectivity index is 2.26. The van der Waals surface area contributed by atoms with E-state index in [0.717, 1.165) is 12.8 Å². The Kier molecular flexibility index (Phi) is 7.92. The molecule has 0 heterocycles. The van der Waals surface area contributed by atoms with E-state index in [0.29, 0.717) is 22.2 Å². The Labute approximate surface area is 125 Å². The van der Waals surface area contributed by atoms with Gasteiger partial charge >= 0.3 is 0 Å². The van der Waals surface area contributed by atoms with Crippen LogP contribution in [0.1, 0.15) is 55.8 Å². The molecule has 2 nitrogen and oxygen atoms in total. The molecule has 1 N–H and O–H groups in total. The number of nitrogens with one attached hydrogen (secondary N) is 1. The maximum atomic E-state index is 11.9. The minimum absolute atomic E-state index is 0.152. The van der Waals surface area contributed by atoms with Crippen LogP contribution < -0.4 is 5.32 Å². The molecule has 1 aromatic rings. The number of carbonyl (C=O) groups is 1. The van der Waals surface area contributed by atoms with E-state index in [1.165, 1.54) is 25.7 Å². The van der Waals surface area contributed by atoms with E-state index in [1.807, 2.05) is 0 Å². The summed E-state index contributed by atoms with van der Waals surface area (Å²) in [6, 6.07) is 4.92. The molecule has 0 atom stereocenters. The van der Waals surface area contributed by atoms with Gasteiger partial charge in [0.25, 0.3) is 5.91 Å². The Bertz CT molecular complexity index is 407. The maximum Gasteiger partial charge on any atom is 0.252 e. The highest BCUT2D eigenvalue weighted by Gasteiger charge is 2.09. The lowest BCUT2D eigenvalue weighted by atomic mass is 10.1. The molecular formula is C15H21Cl2NO. The SMILES string of the molecule is CCCCCCCCNC(=O)c1cc(Cl)ccc1Cl. The van der Waals surface area contributed by atoms with E-state index in [1.54, 1.807) is 18.2 Å². The molecule has 0 saturated carbocycles. The summed E-state index contributed by atoms with van der Waals surface area (Å²) in [6.07, 6.45) is 7.23. The van der Waals surface area contributed by atoms with Crippen LogP contribution in [-0.2, 0) is 0 Å². The predicted octanol–water partition coefficient (Wildman–Crippen LogP) is 5.08. The number of amides is 1. The third-order valence-corrected chi connectivity index (χ3v) is 3.55. The summed E-state index contributed by atoms with van der Waals surface area (Å²) in [6.45, 7) is 2.89. The number of rotatable bonds is 8. The second-order valence-electron chi connectivity index (χ2n) is 4.65. The molecule has 0 fully saturated rings. The van der Waals surface area contributed by atoms with Gasteiger partial charge in [0.15, 0.2) is 0 Å². The van der Waals surface area contributed by atoms with Crippen LogP contribution in [0.5, 0.6) is 0 Å². The summed E-state index contributed by atoms with van der Waals surface area (Å²) in [4.78, 5) is 11.9. The van der Waals surface area contributed by atoms with Crippen LogP contribution in [-0.4, -0.2) is 12.5 Å². The maximum absolute atomic E-state index is 11.9. The van der Waals surface area contributed by atoms with Crippen LogP contribution in [0.15, 0.2) is 18.2 Å². The van der Waals surface area contributed by atoms with Gasteiger partial charge in [0, 0.05) is 11.6 Å². The van der Waals surface area contributed by atoms with Crippen molar-refractivity contribution in [2.75, 3.05) is 6.54 Å². The molecule has 19 heavy (non-hydrogen) atoms. The van der Waals surface area contributed by atoms with Crippen molar-refractivity contribution in [1.82, 2.24) is 5.32 Å². The van der Waals surface area contributed by atoms with Gasteiger partial charge in [0.1, 0.15) is 0 Å². The number of unbranched alkanes of at least 4 members (excludes halogenated alkanes) is 5. The van der Waals surface area contributed by atoms with E-state index < -0.39 is 0 Å². The summed E-state index contributed by atoms with van der Waals surface area (Å²) in [5.74, 6) is -0.152. The minimum Gasteiger partial charge on any atom is -0.352 e. The zero-order valence-corrected chi connectivity index (χ0v) is 12.9. The quantitative estimate of drug-likeness (QED) is 0.666. The monoisotopic (exact) mass is 301 g/mol. The Morgan fingerprint density at radius 3 is 2.53 bits per heavy atom. The molecule has 4 heteroatoms. The average Bonchev–Trinajstić information content (AvgIpc) is 2.40. The number of hydrogen-bond donors (Lipinski definition) is 1. The number of hydrogen-bond acceptors (Lipinski definition) is 1. The smallest absolute Gasteiger partial charge is 0.252 e. The molecule has 0 bridgehead atoms. The third kappa shape index (κ3) is 6.31. The van der Waals surface area contributed by atoms with Crippen LogP contribution in [0.25, 0.3) is 0 Å². The van der Waals surface area contributed by atoms with Gasteiger partial charge in [-0.15, -0.1) is 0 Å². The van der Waals surface area contributed by atoms with Crippen molar-refractivity contribution in [3.05, 3.63) is 33.8 Å². The molecular weight excluding hydrogens is 281 g/mol. The van der Waals surface area contributed by atoms with E-state index in [2.05, 4.69) is 12.2 Å². The van der Waals surface area contributed by atoms with E-state index >= 15 is 0 Å². The third-order valence-electron chi connectivity index (χ3n) is 2.99. The van der Waals surface area contributed by atoms with E-state index in [-0.39, 0.29) is 5.91 Å².